The molecule has 0 bridgehead atoms. The first-order valence-corrected chi connectivity index (χ1v) is 4.69. The lowest BCUT2D eigenvalue weighted by Gasteiger charge is -2.07. The molecule has 1 nitrogen and oxygen atoms in total. The van der Waals surface area contributed by atoms with Gasteiger partial charge in [0.2, 0.25) is 0 Å². The molecule has 0 N–H and O–H groups in total. The molecule has 2 rings (SSSR count). The second-order valence-electron chi connectivity index (χ2n) is 2.73. The predicted molar refractivity (Wildman–Crippen MR) is 52.0 cm³/mol. The lowest BCUT2D eigenvalue weighted by Crippen LogP contribution is -1.94. The molecule has 0 unspecified atom stereocenters. The minimum absolute atomic E-state index is 0.165. The van der Waals surface area contributed by atoms with Crippen LogP contribution in [0.1, 0.15) is 11.7 Å². The normalized spacial score (nSPS) is 21.6. The van der Waals surface area contributed by atoms with Crippen LogP contribution in [0.4, 0.5) is 0 Å². The molecule has 1 atom stereocenters. The molecule has 0 saturated carbocycles. The highest BCUT2D eigenvalue weighted by atomic mass is 79.9. The molecule has 0 fully saturated rings. The van der Waals surface area contributed by atoms with Crippen LogP contribution in [-0.4, -0.2) is 6.61 Å². The Hall–Kier alpha value is -0.600. The van der Waals surface area contributed by atoms with Crippen LogP contribution in [-0.2, 0) is 4.74 Å². The fourth-order valence-electron chi connectivity index (χ4n) is 1.25. The van der Waals surface area contributed by atoms with Crippen molar-refractivity contribution in [1.29, 1.82) is 0 Å². The Morgan fingerprint density at radius 3 is 2.58 bits per heavy atom. The van der Waals surface area contributed by atoms with E-state index in [0.717, 1.165) is 11.1 Å². The van der Waals surface area contributed by atoms with E-state index in [9.17, 15) is 0 Å². The maximum atomic E-state index is 5.45. The maximum absolute atomic E-state index is 5.45. The van der Waals surface area contributed by atoms with Crippen LogP contribution in [0.3, 0.4) is 0 Å². The highest BCUT2D eigenvalue weighted by molar-refractivity contribution is 9.10. The van der Waals surface area contributed by atoms with Crippen LogP contribution in [0, 0.1) is 0 Å². The molecule has 12 heavy (non-hydrogen) atoms. The molecule has 1 aromatic carbocycles. The molecule has 1 aliphatic rings. The number of benzene rings is 1. The molecule has 0 aromatic heterocycles. The van der Waals surface area contributed by atoms with Gasteiger partial charge in [-0.1, -0.05) is 40.2 Å². The molecule has 1 aromatic rings. The van der Waals surface area contributed by atoms with Gasteiger partial charge in [-0.25, -0.2) is 0 Å². The van der Waals surface area contributed by atoms with Crippen molar-refractivity contribution in [2.75, 3.05) is 6.61 Å². The quantitative estimate of drug-likeness (QED) is 0.667. The van der Waals surface area contributed by atoms with E-state index in [2.05, 4.69) is 34.1 Å². The molecule has 0 aliphatic carbocycles. The fourth-order valence-corrected chi connectivity index (χ4v) is 1.52. The fraction of sp³-hybridized carbons (Fsp3) is 0.200. The summed E-state index contributed by atoms with van der Waals surface area (Å²) in [6, 6.07) is 8.21. The number of hydrogen-bond donors (Lipinski definition) is 0. The van der Waals surface area contributed by atoms with Gasteiger partial charge in [0.15, 0.2) is 0 Å². The SMILES string of the molecule is Brc1ccc([C@H]2C=CCO2)cc1. The lowest BCUT2D eigenvalue weighted by molar-refractivity contribution is 0.129. The molecule has 0 amide bonds. The van der Waals surface area contributed by atoms with Crippen molar-refractivity contribution < 1.29 is 4.74 Å². The van der Waals surface area contributed by atoms with Gasteiger partial charge in [0, 0.05) is 4.47 Å². The minimum atomic E-state index is 0.165. The molecule has 62 valence electrons. The molecule has 1 heterocycles. The van der Waals surface area contributed by atoms with Crippen LogP contribution in [0.15, 0.2) is 40.9 Å². The summed E-state index contributed by atoms with van der Waals surface area (Å²) < 4.78 is 6.56. The number of hydrogen-bond acceptors (Lipinski definition) is 1. The standard InChI is InChI=1S/C10H9BrO/c11-9-5-3-8(4-6-9)10-2-1-7-12-10/h1-6,10H,7H2/t10-/m1/s1. The van der Waals surface area contributed by atoms with Gasteiger partial charge in [-0.3, -0.25) is 0 Å². The zero-order valence-corrected chi connectivity index (χ0v) is 8.12. The van der Waals surface area contributed by atoms with Crippen molar-refractivity contribution in [3.63, 3.8) is 0 Å². The Morgan fingerprint density at radius 1 is 1.25 bits per heavy atom. The van der Waals surface area contributed by atoms with E-state index in [0.29, 0.717) is 0 Å². The smallest absolute Gasteiger partial charge is 0.101 e. The van der Waals surface area contributed by atoms with Crippen LogP contribution < -0.4 is 0 Å². The number of halogens is 1. The summed E-state index contributed by atoms with van der Waals surface area (Å²) in [7, 11) is 0. The van der Waals surface area contributed by atoms with Crippen molar-refractivity contribution in [2.24, 2.45) is 0 Å². The number of rotatable bonds is 1. The first kappa shape index (κ1) is 8.02. The van der Waals surface area contributed by atoms with Crippen LogP contribution in [0.2, 0.25) is 0 Å². The van der Waals surface area contributed by atoms with Gasteiger partial charge in [0.05, 0.1) is 6.61 Å². The molecular formula is C10H9BrO. The molecule has 0 saturated heterocycles. The Bertz CT molecular complexity index is 289. The zero-order chi connectivity index (χ0) is 8.39. The molecule has 0 spiro atoms. The Kier molecular flexibility index (Phi) is 2.28. The zero-order valence-electron chi connectivity index (χ0n) is 6.53. The third-order valence-electron chi connectivity index (χ3n) is 1.88. The average molecular weight is 225 g/mol. The average Bonchev–Trinajstić information content (AvgIpc) is 2.58. The van der Waals surface area contributed by atoms with E-state index in [4.69, 9.17) is 4.74 Å². The van der Waals surface area contributed by atoms with Crippen molar-refractivity contribution in [3.8, 4) is 0 Å². The Labute approximate surface area is 80.2 Å². The minimum Gasteiger partial charge on any atom is -0.365 e. The summed E-state index contributed by atoms with van der Waals surface area (Å²) in [4.78, 5) is 0. The van der Waals surface area contributed by atoms with Gasteiger partial charge in [0.25, 0.3) is 0 Å². The summed E-state index contributed by atoms with van der Waals surface area (Å²) in [5, 5.41) is 0. The highest BCUT2D eigenvalue weighted by Gasteiger charge is 2.10. The van der Waals surface area contributed by atoms with Crippen molar-refractivity contribution >= 4 is 15.9 Å². The predicted octanol–water partition coefficient (Wildman–Crippen LogP) is 3.08. The van der Waals surface area contributed by atoms with Gasteiger partial charge >= 0.3 is 0 Å². The van der Waals surface area contributed by atoms with Crippen LogP contribution >= 0.6 is 15.9 Å². The number of ether oxygens (including phenoxy) is 1. The van der Waals surface area contributed by atoms with E-state index in [1.165, 1.54) is 5.56 Å². The summed E-state index contributed by atoms with van der Waals surface area (Å²) >= 11 is 3.40. The van der Waals surface area contributed by atoms with Gasteiger partial charge in [-0.2, -0.15) is 0 Å². The Balaban J connectivity index is 2.23. The largest absolute Gasteiger partial charge is 0.365 e. The second-order valence-corrected chi connectivity index (χ2v) is 3.65. The van der Waals surface area contributed by atoms with E-state index in [1.807, 2.05) is 18.2 Å². The Morgan fingerprint density at radius 2 is 2.00 bits per heavy atom. The highest BCUT2D eigenvalue weighted by Crippen LogP contribution is 2.24. The third-order valence-corrected chi connectivity index (χ3v) is 2.41. The first-order chi connectivity index (χ1) is 5.86. The van der Waals surface area contributed by atoms with E-state index >= 15 is 0 Å². The topological polar surface area (TPSA) is 9.23 Å². The molecular weight excluding hydrogens is 216 g/mol. The van der Waals surface area contributed by atoms with Gasteiger partial charge in [-0.15, -0.1) is 0 Å². The van der Waals surface area contributed by atoms with Gasteiger partial charge < -0.3 is 4.74 Å². The lowest BCUT2D eigenvalue weighted by atomic mass is 10.1. The van der Waals surface area contributed by atoms with E-state index in [-0.39, 0.29) is 6.10 Å². The van der Waals surface area contributed by atoms with Gasteiger partial charge in [-0.05, 0) is 17.7 Å². The van der Waals surface area contributed by atoms with Crippen molar-refractivity contribution in [2.45, 2.75) is 6.10 Å². The van der Waals surface area contributed by atoms with E-state index < -0.39 is 0 Å². The summed E-state index contributed by atoms with van der Waals surface area (Å²) in [6.07, 6.45) is 4.30. The summed E-state index contributed by atoms with van der Waals surface area (Å²) in [6.45, 7) is 0.737. The third kappa shape index (κ3) is 1.59. The maximum Gasteiger partial charge on any atom is 0.101 e. The monoisotopic (exact) mass is 224 g/mol. The van der Waals surface area contributed by atoms with Crippen molar-refractivity contribution in [3.05, 3.63) is 46.5 Å². The first-order valence-electron chi connectivity index (χ1n) is 3.90. The van der Waals surface area contributed by atoms with E-state index in [1.54, 1.807) is 0 Å². The molecule has 0 radical (unpaired) electrons. The second kappa shape index (κ2) is 3.42. The van der Waals surface area contributed by atoms with Crippen molar-refractivity contribution in [1.82, 2.24) is 0 Å². The summed E-state index contributed by atoms with van der Waals surface area (Å²) in [5.74, 6) is 0. The van der Waals surface area contributed by atoms with Gasteiger partial charge in [0.1, 0.15) is 6.10 Å². The summed E-state index contributed by atoms with van der Waals surface area (Å²) in [5.41, 5.74) is 1.21. The van der Waals surface area contributed by atoms with Crippen LogP contribution in [0.25, 0.3) is 0 Å². The van der Waals surface area contributed by atoms with Crippen LogP contribution in [0.5, 0.6) is 0 Å². The molecule has 1 aliphatic heterocycles. The molecule has 2 heteroatoms.